The van der Waals surface area contributed by atoms with E-state index in [1.54, 1.807) is 48.5 Å². The number of para-hydroxylation sites is 1. The van der Waals surface area contributed by atoms with Crippen LogP contribution < -0.4 is 15.4 Å². The minimum Gasteiger partial charge on any atom is -0.492 e. The van der Waals surface area contributed by atoms with Crippen molar-refractivity contribution in [2.75, 3.05) is 25.0 Å². The van der Waals surface area contributed by atoms with Gasteiger partial charge in [0, 0.05) is 42.6 Å². The molecule has 0 bridgehead atoms. The molecule has 0 unspecified atom stereocenters. The number of carbonyl (C=O) groups excluding carboxylic acids is 2. The molecule has 0 heterocycles. The summed E-state index contributed by atoms with van der Waals surface area (Å²) in [4.78, 5) is 36.6. The van der Waals surface area contributed by atoms with Crippen molar-refractivity contribution in [2.24, 2.45) is 0 Å². The van der Waals surface area contributed by atoms with Crippen LogP contribution in [0.5, 0.6) is 5.75 Å². The fourth-order valence-electron chi connectivity index (χ4n) is 4.08. The quantitative estimate of drug-likeness (QED) is 0.168. The Bertz CT molecular complexity index is 1180. The van der Waals surface area contributed by atoms with Crippen LogP contribution in [0.25, 0.3) is 0 Å². The molecule has 3 N–H and O–H groups in total. The predicted molar refractivity (Wildman–Crippen MR) is 149 cm³/mol. The van der Waals surface area contributed by atoms with E-state index in [2.05, 4.69) is 10.6 Å². The van der Waals surface area contributed by atoms with Gasteiger partial charge in [-0.1, -0.05) is 61.5 Å². The third-order valence-corrected chi connectivity index (χ3v) is 6.08. The highest BCUT2D eigenvalue weighted by molar-refractivity contribution is 6.12. The molecular weight excluding hydrogens is 480 g/mol. The molecule has 1 atom stereocenters. The summed E-state index contributed by atoms with van der Waals surface area (Å²) in [5, 5.41) is 16.2. The number of ketones is 2. The van der Waals surface area contributed by atoms with Crippen LogP contribution in [0, 0.1) is 0 Å². The lowest BCUT2D eigenvalue weighted by Gasteiger charge is -2.18. The van der Waals surface area contributed by atoms with Gasteiger partial charge in [-0.2, -0.15) is 0 Å². The predicted octanol–water partition coefficient (Wildman–Crippen LogP) is 5.14. The molecule has 0 saturated heterocycles. The van der Waals surface area contributed by atoms with Crippen LogP contribution in [0.4, 0.5) is 5.69 Å². The number of carboxylic acid groups (broad SMARTS) is 1. The van der Waals surface area contributed by atoms with Gasteiger partial charge in [0.05, 0.1) is 0 Å². The molecule has 7 heteroatoms. The molecule has 0 spiro atoms. The van der Waals surface area contributed by atoms with Crippen LogP contribution in [0.2, 0.25) is 0 Å². The number of carboxylic acids is 1. The van der Waals surface area contributed by atoms with Crippen molar-refractivity contribution >= 4 is 23.2 Å². The lowest BCUT2D eigenvalue weighted by molar-refractivity contribution is -0.137. The highest BCUT2D eigenvalue weighted by Crippen LogP contribution is 2.22. The molecule has 0 aliphatic heterocycles. The number of carbonyl (C=O) groups is 3. The molecule has 0 fully saturated rings. The summed E-state index contributed by atoms with van der Waals surface area (Å²) in [5.74, 6) is -0.156. The number of aliphatic carboxylic acids is 1. The highest BCUT2D eigenvalue weighted by Gasteiger charge is 2.21. The minimum atomic E-state index is -1.00. The number of hydrogen-bond donors (Lipinski definition) is 3. The smallest absolute Gasteiger partial charge is 0.326 e. The van der Waals surface area contributed by atoms with Crippen LogP contribution in [0.3, 0.4) is 0 Å². The molecule has 0 radical (unpaired) electrons. The molecule has 38 heavy (non-hydrogen) atoms. The van der Waals surface area contributed by atoms with E-state index in [9.17, 15) is 19.5 Å². The number of nitrogens with one attached hydrogen (secondary N) is 2. The maximum absolute atomic E-state index is 13.0. The normalized spacial score (nSPS) is 11.5. The van der Waals surface area contributed by atoms with E-state index in [1.165, 1.54) is 0 Å². The van der Waals surface area contributed by atoms with Gasteiger partial charge in [-0.3, -0.25) is 9.59 Å². The van der Waals surface area contributed by atoms with Crippen molar-refractivity contribution in [3.63, 3.8) is 0 Å². The Morgan fingerprint density at radius 1 is 0.868 bits per heavy atom. The van der Waals surface area contributed by atoms with Gasteiger partial charge in [-0.25, -0.2) is 4.79 Å². The first-order valence-electron chi connectivity index (χ1n) is 13.1. The van der Waals surface area contributed by atoms with Crippen LogP contribution in [-0.4, -0.2) is 48.4 Å². The zero-order chi connectivity index (χ0) is 27.2. The first-order chi connectivity index (χ1) is 18.5. The lowest BCUT2D eigenvalue weighted by Crippen LogP contribution is -2.32. The van der Waals surface area contributed by atoms with E-state index in [0.29, 0.717) is 54.3 Å². The first-order valence-corrected chi connectivity index (χ1v) is 13.1. The van der Waals surface area contributed by atoms with Gasteiger partial charge in [0.25, 0.3) is 0 Å². The SMILES string of the molecule is CCCC(=O)CCCNCCOc1ccc(C[C@H](Nc2ccccc2C(=O)c2ccccc2)C(=O)O)cc1. The Morgan fingerprint density at radius 2 is 1.58 bits per heavy atom. The summed E-state index contributed by atoms with van der Waals surface area (Å²) in [5.41, 5.74) is 2.28. The fraction of sp³-hybridized carbons (Fsp3) is 0.323. The fourth-order valence-corrected chi connectivity index (χ4v) is 4.08. The number of ether oxygens (including phenoxy) is 1. The summed E-state index contributed by atoms with van der Waals surface area (Å²) < 4.78 is 5.76. The molecule has 0 aliphatic carbocycles. The van der Waals surface area contributed by atoms with E-state index < -0.39 is 12.0 Å². The largest absolute Gasteiger partial charge is 0.492 e. The van der Waals surface area contributed by atoms with E-state index in [4.69, 9.17) is 4.74 Å². The van der Waals surface area contributed by atoms with Crippen LogP contribution >= 0.6 is 0 Å². The maximum Gasteiger partial charge on any atom is 0.326 e. The molecule has 200 valence electrons. The van der Waals surface area contributed by atoms with Gasteiger partial charge in [-0.15, -0.1) is 0 Å². The summed E-state index contributed by atoms with van der Waals surface area (Å²) in [6, 6.07) is 22.3. The summed E-state index contributed by atoms with van der Waals surface area (Å²) in [6.45, 7) is 3.96. The van der Waals surface area contributed by atoms with Crippen LogP contribution in [0.15, 0.2) is 78.9 Å². The highest BCUT2D eigenvalue weighted by atomic mass is 16.5. The first kappa shape index (κ1) is 28.6. The zero-order valence-electron chi connectivity index (χ0n) is 21.8. The standard InChI is InChI=1S/C31H36N2O5/c1-2-9-25(34)12-8-19-32-20-21-38-26-17-15-23(16-18-26)22-29(31(36)37)33-28-14-7-6-13-27(28)30(35)24-10-4-3-5-11-24/h3-7,10-11,13-18,29,32-33H,2,8-9,12,19-22H2,1H3,(H,36,37)/t29-/m0/s1. The maximum atomic E-state index is 13.0. The van der Waals surface area contributed by atoms with E-state index >= 15 is 0 Å². The number of rotatable bonds is 17. The van der Waals surface area contributed by atoms with Crippen molar-refractivity contribution in [1.82, 2.24) is 5.32 Å². The second kappa shape index (κ2) is 15.3. The Kier molecular flexibility index (Phi) is 11.5. The topological polar surface area (TPSA) is 105 Å². The number of anilines is 1. The van der Waals surface area contributed by atoms with Gasteiger partial charge in [0.2, 0.25) is 0 Å². The third-order valence-electron chi connectivity index (χ3n) is 6.08. The van der Waals surface area contributed by atoms with Crippen LogP contribution in [-0.2, 0) is 16.0 Å². The Morgan fingerprint density at radius 3 is 2.29 bits per heavy atom. The van der Waals surface area contributed by atoms with Crippen molar-refractivity contribution in [2.45, 2.75) is 45.1 Å². The third kappa shape index (κ3) is 9.16. The second-order valence-corrected chi connectivity index (χ2v) is 9.11. The van der Waals surface area contributed by atoms with Crippen molar-refractivity contribution in [1.29, 1.82) is 0 Å². The molecule has 0 amide bonds. The number of benzene rings is 3. The Balaban J connectivity index is 1.50. The minimum absolute atomic E-state index is 0.168. The van der Waals surface area contributed by atoms with Gasteiger partial charge >= 0.3 is 5.97 Å². The summed E-state index contributed by atoms with van der Waals surface area (Å²) in [6.07, 6.45) is 3.24. The molecular formula is C31H36N2O5. The summed E-state index contributed by atoms with van der Waals surface area (Å²) in [7, 11) is 0. The van der Waals surface area contributed by atoms with Crippen LogP contribution in [0.1, 0.15) is 54.1 Å². The van der Waals surface area contributed by atoms with Gasteiger partial charge in [0.15, 0.2) is 5.78 Å². The molecule has 0 aromatic heterocycles. The van der Waals surface area contributed by atoms with E-state index in [0.717, 1.165) is 24.9 Å². The second-order valence-electron chi connectivity index (χ2n) is 9.11. The van der Waals surface area contributed by atoms with Gasteiger partial charge in [-0.05, 0) is 49.2 Å². The number of hydrogen-bond acceptors (Lipinski definition) is 6. The average molecular weight is 517 g/mol. The average Bonchev–Trinajstić information content (AvgIpc) is 2.93. The molecule has 3 aromatic carbocycles. The molecule has 0 saturated carbocycles. The Hall–Kier alpha value is -3.97. The lowest BCUT2D eigenvalue weighted by atomic mass is 10.00. The Labute approximate surface area is 224 Å². The molecule has 3 rings (SSSR count). The van der Waals surface area contributed by atoms with Gasteiger partial charge < -0.3 is 20.5 Å². The van der Waals surface area contributed by atoms with Crippen molar-refractivity contribution in [3.8, 4) is 5.75 Å². The molecule has 7 nitrogen and oxygen atoms in total. The molecule has 0 aliphatic rings. The zero-order valence-corrected chi connectivity index (χ0v) is 21.8. The van der Waals surface area contributed by atoms with Crippen molar-refractivity contribution < 1.29 is 24.2 Å². The number of Topliss-reactive ketones (excluding diaryl/α,β-unsaturated/α-hetero) is 1. The van der Waals surface area contributed by atoms with E-state index in [-0.39, 0.29) is 12.2 Å². The van der Waals surface area contributed by atoms with Gasteiger partial charge in [0.1, 0.15) is 24.2 Å². The molecule has 3 aromatic rings. The summed E-state index contributed by atoms with van der Waals surface area (Å²) >= 11 is 0. The van der Waals surface area contributed by atoms with Crippen molar-refractivity contribution in [3.05, 3.63) is 95.6 Å². The monoisotopic (exact) mass is 516 g/mol. The van der Waals surface area contributed by atoms with E-state index in [1.807, 2.05) is 37.3 Å².